The summed E-state index contributed by atoms with van der Waals surface area (Å²) in [6, 6.07) is 4.13. The van der Waals surface area contributed by atoms with Crippen molar-refractivity contribution in [3.05, 3.63) is 23.7 Å². The second-order valence-corrected chi connectivity index (χ2v) is 3.11. The minimum absolute atomic E-state index is 0.00722. The molecule has 66 valence electrons. The van der Waals surface area contributed by atoms with Crippen LogP contribution >= 0.6 is 0 Å². The summed E-state index contributed by atoms with van der Waals surface area (Å²) in [6.07, 6.45) is 2.35. The lowest BCUT2D eigenvalue weighted by molar-refractivity contribution is 0.240. The lowest BCUT2D eigenvalue weighted by Gasteiger charge is -2.04. The van der Waals surface area contributed by atoms with E-state index in [0.717, 1.165) is 18.7 Å². The Morgan fingerprint density at radius 2 is 2.50 bits per heavy atom. The Morgan fingerprint density at radius 3 is 3.08 bits per heavy atom. The van der Waals surface area contributed by atoms with Crippen molar-refractivity contribution in [1.82, 2.24) is 5.32 Å². The fourth-order valence-corrected chi connectivity index (χ4v) is 1.59. The first-order chi connectivity index (χ1) is 5.90. The van der Waals surface area contributed by atoms with E-state index in [2.05, 4.69) is 5.32 Å². The zero-order chi connectivity index (χ0) is 8.39. The number of hydrogen-bond donors (Lipinski definition) is 2. The molecule has 1 aliphatic rings. The van der Waals surface area contributed by atoms with Gasteiger partial charge in [-0.2, -0.15) is 0 Å². The smallest absolute Gasteiger partial charge is 0.129 e. The molecule has 0 aliphatic carbocycles. The summed E-state index contributed by atoms with van der Waals surface area (Å²) in [5.74, 6) is 1.61. The van der Waals surface area contributed by atoms with E-state index in [4.69, 9.17) is 9.52 Å². The predicted octanol–water partition coefficient (Wildman–Crippen LogP) is 1.20. The van der Waals surface area contributed by atoms with Crippen LogP contribution in [-0.4, -0.2) is 11.7 Å². The van der Waals surface area contributed by atoms with Gasteiger partial charge in [-0.3, -0.25) is 0 Å². The molecule has 0 saturated carbocycles. The third kappa shape index (κ3) is 1.38. The van der Waals surface area contributed by atoms with Crippen molar-refractivity contribution in [2.75, 3.05) is 6.54 Å². The van der Waals surface area contributed by atoms with Crippen LogP contribution < -0.4 is 5.32 Å². The summed E-state index contributed by atoms with van der Waals surface area (Å²) >= 11 is 0. The number of furan rings is 1. The highest BCUT2D eigenvalue weighted by Crippen LogP contribution is 2.24. The molecule has 1 atom stereocenters. The van der Waals surface area contributed by atoms with Gasteiger partial charge in [0.15, 0.2) is 0 Å². The van der Waals surface area contributed by atoms with Crippen molar-refractivity contribution < 1.29 is 9.52 Å². The van der Waals surface area contributed by atoms with Crippen LogP contribution in [0.1, 0.15) is 30.4 Å². The Hall–Kier alpha value is -0.800. The van der Waals surface area contributed by atoms with Crippen LogP contribution in [0.2, 0.25) is 0 Å². The summed E-state index contributed by atoms with van der Waals surface area (Å²) in [6.45, 7) is 1.06. The first-order valence-electron chi connectivity index (χ1n) is 4.33. The zero-order valence-corrected chi connectivity index (χ0v) is 6.92. The van der Waals surface area contributed by atoms with Crippen molar-refractivity contribution in [1.29, 1.82) is 0 Å². The summed E-state index contributed by atoms with van der Waals surface area (Å²) < 4.78 is 5.40. The van der Waals surface area contributed by atoms with E-state index in [1.807, 2.05) is 12.1 Å². The largest absolute Gasteiger partial charge is 0.462 e. The van der Waals surface area contributed by atoms with Crippen molar-refractivity contribution in [2.24, 2.45) is 0 Å². The van der Waals surface area contributed by atoms with Gasteiger partial charge in [0.1, 0.15) is 18.1 Å². The Morgan fingerprint density at radius 1 is 1.58 bits per heavy atom. The molecule has 1 saturated heterocycles. The fraction of sp³-hybridized carbons (Fsp3) is 0.556. The normalized spacial score (nSPS) is 23.2. The van der Waals surface area contributed by atoms with E-state index < -0.39 is 0 Å². The highest BCUT2D eigenvalue weighted by molar-refractivity contribution is 5.11. The predicted molar refractivity (Wildman–Crippen MR) is 44.6 cm³/mol. The molecule has 0 radical (unpaired) electrons. The van der Waals surface area contributed by atoms with Gasteiger partial charge in [0, 0.05) is 0 Å². The molecule has 0 aromatic carbocycles. The van der Waals surface area contributed by atoms with Crippen LogP contribution in [0.25, 0.3) is 0 Å². The molecule has 1 aromatic heterocycles. The van der Waals surface area contributed by atoms with Gasteiger partial charge in [-0.15, -0.1) is 0 Å². The lowest BCUT2D eigenvalue weighted by atomic mass is 10.2. The van der Waals surface area contributed by atoms with Crippen molar-refractivity contribution in [2.45, 2.75) is 25.5 Å². The third-order valence-electron chi connectivity index (χ3n) is 2.24. The molecular formula is C9H13NO2. The van der Waals surface area contributed by atoms with E-state index in [1.165, 1.54) is 6.42 Å². The SMILES string of the molecule is OCc1ccc(C2CCCN2)o1. The number of aliphatic hydroxyl groups is 1. The van der Waals surface area contributed by atoms with Crippen LogP contribution in [-0.2, 0) is 6.61 Å². The molecule has 0 amide bonds. The van der Waals surface area contributed by atoms with Crippen LogP contribution in [0.3, 0.4) is 0 Å². The number of hydrogen-bond acceptors (Lipinski definition) is 3. The quantitative estimate of drug-likeness (QED) is 0.695. The third-order valence-corrected chi connectivity index (χ3v) is 2.24. The van der Waals surface area contributed by atoms with E-state index in [-0.39, 0.29) is 6.61 Å². The monoisotopic (exact) mass is 167 g/mol. The highest BCUT2D eigenvalue weighted by Gasteiger charge is 2.18. The molecule has 3 heteroatoms. The second-order valence-electron chi connectivity index (χ2n) is 3.11. The summed E-state index contributed by atoms with van der Waals surface area (Å²) in [7, 11) is 0. The van der Waals surface area contributed by atoms with Gasteiger partial charge >= 0.3 is 0 Å². The first kappa shape index (κ1) is 7.83. The van der Waals surface area contributed by atoms with Gasteiger partial charge in [0.25, 0.3) is 0 Å². The van der Waals surface area contributed by atoms with E-state index in [9.17, 15) is 0 Å². The van der Waals surface area contributed by atoms with Crippen molar-refractivity contribution in [3.8, 4) is 0 Å². The first-order valence-corrected chi connectivity index (χ1v) is 4.33. The molecule has 2 rings (SSSR count). The number of aliphatic hydroxyl groups excluding tert-OH is 1. The van der Waals surface area contributed by atoms with Crippen LogP contribution in [0.5, 0.6) is 0 Å². The average molecular weight is 167 g/mol. The average Bonchev–Trinajstić information content (AvgIpc) is 2.75. The van der Waals surface area contributed by atoms with Crippen molar-refractivity contribution in [3.63, 3.8) is 0 Å². The lowest BCUT2D eigenvalue weighted by Crippen LogP contribution is -2.11. The Balaban J connectivity index is 2.11. The molecular weight excluding hydrogens is 154 g/mol. The van der Waals surface area contributed by atoms with E-state index in [1.54, 1.807) is 0 Å². The molecule has 1 aromatic rings. The maximum atomic E-state index is 8.78. The van der Waals surface area contributed by atoms with Crippen LogP contribution in [0, 0.1) is 0 Å². The van der Waals surface area contributed by atoms with E-state index >= 15 is 0 Å². The van der Waals surface area contributed by atoms with Crippen molar-refractivity contribution >= 4 is 0 Å². The molecule has 2 N–H and O–H groups in total. The molecule has 3 nitrogen and oxygen atoms in total. The maximum absolute atomic E-state index is 8.78. The molecule has 1 aliphatic heterocycles. The fourth-order valence-electron chi connectivity index (χ4n) is 1.59. The molecule has 12 heavy (non-hydrogen) atoms. The highest BCUT2D eigenvalue weighted by atomic mass is 16.4. The summed E-state index contributed by atoms with van der Waals surface area (Å²) in [5.41, 5.74) is 0. The Labute approximate surface area is 71.4 Å². The number of rotatable bonds is 2. The maximum Gasteiger partial charge on any atom is 0.129 e. The molecule has 1 fully saturated rings. The Kier molecular flexibility index (Phi) is 2.15. The van der Waals surface area contributed by atoms with Gasteiger partial charge in [-0.05, 0) is 31.5 Å². The summed E-state index contributed by atoms with van der Waals surface area (Å²) in [5, 5.41) is 12.1. The number of nitrogens with one attached hydrogen (secondary N) is 1. The molecule has 0 spiro atoms. The standard InChI is InChI=1S/C9H13NO2/c11-6-7-3-4-9(12-7)8-2-1-5-10-8/h3-4,8,10-11H,1-2,5-6H2. The zero-order valence-electron chi connectivity index (χ0n) is 6.92. The Bertz CT molecular complexity index is 251. The van der Waals surface area contributed by atoms with Crippen LogP contribution in [0.15, 0.2) is 16.5 Å². The second kappa shape index (κ2) is 3.29. The van der Waals surface area contributed by atoms with Gasteiger partial charge in [0.2, 0.25) is 0 Å². The van der Waals surface area contributed by atoms with E-state index in [0.29, 0.717) is 11.8 Å². The molecule has 0 bridgehead atoms. The molecule has 2 heterocycles. The van der Waals surface area contributed by atoms with Gasteiger partial charge in [-0.25, -0.2) is 0 Å². The minimum atomic E-state index is -0.00722. The van der Waals surface area contributed by atoms with Gasteiger partial charge < -0.3 is 14.8 Å². The summed E-state index contributed by atoms with van der Waals surface area (Å²) in [4.78, 5) is 0. The van der Waals surface area contributed by atoms with Crippen LogP contribution in [0.4, 0.5) is 0 Å². The van der Waals surface area contributed by atoms with Gasteiger partial charge in [-0.1, -0.05) is 0 Å². The van der Waals surface area contributed by atoms with Gasteiger partial charge in [0.05, 0.1) is 6.04 Å². The minimum Gasteiger partial charge on any atom is -0.462 e. The molecule has 1 unspecified atom stereocenters. The topological polar surface area (TPSA) is 45.4 Å².